The predicted octanol–water partition coefficient (Wildman–Crippen LogP) is 6.87. The van der Waals surface area contributed by atoms with E-state index in [9.17, 15) is 22.4 Å². The molecule has 1 N–H and O–H groups in total. The summed E-state index contributed by atoms with van der Waals surface area (Å²) in [5, 5.41) is 7.06. The second-order valence-electron chi connectivity index (χ2n) is 15.0. The maximum Gasteiger partial charge on any atom is 0.417 e. The number of nitrogens with zero attached hydrogens (tertiary/aromatic N) is 6. The molecule has 15 heteroatoms. The van der Waals surface area contributed by atoms with Crippen LogP contribution < -0.4 is 9.64 Å². The van der Waals surface area contributed by atoms with E-state index in [1.165, 1.54) is 24.4 Å². The predicted molar refractivity (Wildman–Crippen MR) is 175 cm³/mol. The molecular formula is C35H38F5N7O3. The van der Waals surface area contributed by atoms with Gasteiger partial charge in [-0.3, -0.25) is 14.9 Å². The number of H-pyrrole nitrogens is 1. The summed E-state index contributed by atoms with van der Waals surface area (Å²) in [5.74, 6) is -0.604. The summed E-state index contributed by atoms with van der Waals surface area (Å²) >= 11 is 0. The third-order valence-electron chi connectivity index (χ3n) is 10.6. The second-order valence-corrected chi connectivity index (χ2v) is 15.0. The van der Waals surface area contributed by atoms with Crippen LogP contribution in [0.15, 0.2) is 30.5 Å². The van der Waals surface area contributed by atoms with Crippen molar-refractivity contribution in [2.45, 2.75) is 88.4 Å². The maximum absolute atomic E-state index is 16.8. The Morgan fingerprint density at radius 1 is 1.06 bits per heavy atom. The Morgan fingerprint density at radius 2 is 1.82 bits per heavy atom. The Hall–Kier alpha value is -4.27. The first-order valence-electron chi connectivity index (χ1n) is 17.0. The van der Waals surface area contributed by atoms with Crippen molar-refractivity contribution in [1.29, 1.82) is 0 Å². The fourth-order valence-electron chi connectivity index (χ4n) is 8.42. The van der Waals surface area contributed by atoms with E-state index in [-0.39, 0.29) is 46.7 Å². The number of piperazine rings is 1. The van der Waals surface area contributed by atoms with Crippen LogP contribution in [0.2, 0.25) is 0 Å². The first kappa shape index (κ1) is 32.9. The Bertz CT molecular complexity index is 1970. The highest BCUT2D eigenvalue weighted by molar-refractivity contribution is 5.95. The average Bonchev–Trinajstić information content (AvgIpc) is 3.79. The molecule has 0 aliphatic carbocycles. The van der Waals surface area contributed by atoms with Crippen molar-refractivity contribution in [3.05, 3.63) is 41.8 Å². The number of carbonyl (C=O) groups is 1. The minimum absolute atomic E-state index is 0.0893. The van der Waals surface area contributed by atoms with Crippen LogP contribution in [-0.4, -0.2) is 98.2 Å². The molecule has 50 heavy (non-hydrogen) atoms. The van der Waals surface area contributed by atoms with Crippen molar-refractivity contribution < 1.29 is 36.2 Å². The summed E-state index contributed by atoms with van der Waals surface area (Å²) in [6.45, 7) is 7.35. The Labute approximate surface area is 284 Å². The van der Waals surface area contributed by atoms with Crippen LogP contribution in [0.3, 0.4) is 0 Å². The molecule has 0 radical (unpaired) electrons. The van der Waals surface area contributed by atoms with Crippen molar-refractivity contribution in [3.8, 4) is 17.1 Å². The van der Waals surface area contributed by atoms with Crippen molar-refractivity contribution in [1.82, 2.24) is 30.0 Å². The van der Waals surface area contributed by atoms with Crippen molar-refractivity contribution in [2.75, 3.05) is 37.7 Å². The minimum atomic E-state index is -4.78. The van der Waals surface area contributed by atoms with Gasteiger partial charge in [-0.2, -0.15) is 28.2 Å². The number of aromatic nitrogens is 4. The van der Waals surface area contributed by atoms with Gasteiger partial charge in [0.1, 0.15) is 29.7 Å². The summed E-state index contributed by atoms with van der Waals surface area (Å²) in [7, 11) is 0. The number of nitrogens with one attached hydrogen (secondary N) is 1. The van der Waals surface area contributed by atoms with Gasteiger partial charge < -0.3 is 14.4 Å². The molecule has 2 bridgehead atoms. The number of rotatable bonds is 5. The Morgan fingerprint density at radius 3 is 2.54 bits per heavy atom. The van der Waals surface area contributed by atoms with Gasteiger partial charge >= 0.3 is 18.3 Å². The van der Waals surface area contributed by atoms with Crippen LogP contribution in [0.4, 0.5) is 32.6 Å². The molecule has 4 aliphatic rings. The van der Waals surface area contributed by atoms with Crippen LogP contribution in [0.5, 0.6) is 6.01 Å². The average molecular weight is 700 g/mol. The van der Waals surface area contributed by atoms with Crippen LogP contribution in [-0.2, 0) is 10.9 Å². The summed E-state index contributed by atoms with van der Waals surface area (Å²) in [5.41, 5.74) is -2.73. The third kappa shape index (κ3) is 5.66. The first-order valence-corrected chi connectivity index (χ1v) is 17.0. The van der Waals surface area contributed by atoms with Crippen molar-refractivity contribution >= 4 is 33.7 Å². The highest BCUT2D eigenvalue weighted by atomic mass is 19.4. The van der Waals surface area contributed by atoms with E-state index in [4.69, 9.17) is 14.5 Å². The van der Waals surface area contributed by atoms with E-state index < -0.39 is 41.0 Å². The highest BCUT2D eigenvalue weighted by Gasteiger charge is 2.50. The summed E-state index contributed by atoms with van der Waals surface area (Å²) in [6, 6.07) is 4.52. The molecule has 4 fully saturated rings. The lowest BCUT2D eigenvalue weighted by Crippen LogP contribution is -2.57. The molecule has 4 atom stereocenters. The zero-order valence-electron chi connectivity index (χ0n) is 28.0. The summed E-state index contributed by atoms with van der Waals surface area (Å²) < 4.78 is 86.3. The van der Waals surface area contributed by atoms with E-state index in [0.29, 0.717) is 42.8 Å². The number of anilines is 1. The highest BCUT2D eigenvalue weighted by Crippen LogP contribution is 2.44. The number of alkyl halides is 4. The molecule has 2 aromatic carbocycles. The summed E-state index contributed by atoms with van der Waals surface area (Å²) in [4.78, 5) is 28.2. The number of amides is 1. The molecule has 0 spiro atoms. The lowest BCUT2D eigenvalue weighted by Gasteiger charge is -2.42. The Kier molecular flexibility index (Phi) is 7.66. The number of hydrogen-bond acceptors (Lipinski definition) is 8. The lowest BCUT2D eigenvalue weighted by atomic mass is 9.95. The number of ether oxygens (including phenoxy) is 2. The number of aromatic amines is 1. The van der Waals surface area contributed by atoms with Gasteiger partial charge in [0, 0.05) is 42.4 Å². The second kappa shape index (κ2) is 11.6. The standard InChI is InChI=1S/C35H38F5N7O3/c1-33(2,3)50-32(48)47-21-5-6-22(47)17-45(16-21)30-24-8-7-23(25-12-27-19(14-41-44-27)11-26(25)35(38,39)40)28(37)29(24)42-31(43-30)49-18-34-9-4-10-46(34)15-20(36)13-34/h7-8,11-12,14,20-22H,4-6,9-10,13,15-18H2,1-3H3,(H,41,44)/t20-,21-,22+,34+/m1/s1. The van der Waals surface area contributed by atoms with Crippen LogP contribution in [0.1, 0.15) is 58.4 Å². The fraction of sp³-hybridized carbons (Fsp3) is 0.543. The van der Waals surface area contributed by atoms with Crippen LogP contribution >= 0.6 is 0 Å². The lowest BCUT2D eigenvalue weighted by molar-refractivity contribution is -0.137. The van der Waals surface area contributed by atoms with Crippen LogP contribution in [0, 0.1) is 5.82 Å². The van der Waals surface area contributed by atoms with Gasteiger partial charge in [-0.05, 0) is 76.8 Å². The zero-order chi connectivity index (χ0) is 35.2. The summed E-state index contributed by atoms with van der Waals surface area (Å²) in [6.07, 6.45) is -1.46. The maximum atomic E-state index is 16.8. The monoisotopic (exact) mass is 699 g/mol. The van der Waals surface area contributed by atoms with Gasteiger partial charge in [0.05, 0.1) is 34.9 Å². The number of benzene rings is 2. The van der Waals surface area contributed by atoms with Gasteiger partial charge in [0.15, 0.2) is 5.82 Å². The van der Waals surface area contributed by atoms with E-state index in [0.717, 1.165) is 38.3 Å². The molecule has 4 saturated heterocycles. The number of hydrogen-bond donors (Lipinski definition) is 1. The quantitative estimate of drug-likeness (QED) is 0.226. The smallest absolute Gasteiger partial charge is 0.417 e. The van der Waals surface area contributed by atoms with Gasteiger partial charge in [-0.15, -0.1) is 0 Å². The zero-order valence-corrected chi connectivity index (χ0v) is 28.0. The normalized spacial score (nSPS) is 25.6. The van der Waals surface area contributed by atoms with E-state index in [2.05, 4.69) is 20.1 Å². The third-order valence-corrected chi connectivity index (χ3v) is 10.6. The minimum Gasteiger partial charge on any atom is -0.461 e. The molecule has 6 heterocycles. The van der Waals surface area contributed by atoms with Crippen molar-refractivity contribution in [2.24, 2.45) is 0 Å². The number of fused-ring (bicyclic) bond motifs is 5. The molecule has 8 rings (SSSR count). The topological polar surface area (TPSA) is 99.7 Å². The molecular weight excluding hydrogens is 661 g/mol. The fourth-order valence-corrected chi connectivity index (χ4v) is 8.42. The number of carbonyl (C=O) groups excluding carboxylic acids is 1. The molecule has 0 unspecified atom stereocenters. The van der Waals surface area contributed by atoms with E-state index in [1.54, 1.807) is 4.90 Å². The van der Waals surface area contributed by atoms with E-state index in [1.807, 2.05) is 25.7 Å². The van der Waals surface area contributed by atoms with Gasteiger partial charge in [-0.1, -0.05) is 6.07 Å². The Balaban J connectivity index is 1.21. The van der Waals surface area contributed by atoms with Crippen molar-refractivity contribution in [3.63, 3.8) is 0 Å². The molecule has 266 valence electrons. The SMILES string of the molecule is CC(C)(C)OC(=O)N1[C@@H]2CC[C@H]1CN(c1nc(OC[C@@]34CCCN3C[C@H](F)C4)nc3c(F)c(-c4cc5[nH]ncc5cc4C(F)(F)F)ccc13)C2. The van der Waals surface area contributed by atoms with Gasteiger partial charge in [0.25, 0.3) is 0 Å². The van der Waals surface area contributed by atoms with Crippen LogP contribution in [0.25, 0.3) is 32.9 Å². The van der Waals surface area contributed by atoms with Gasteiger partial charge in [0.2, 0.25) is 0 Å². The first-order chi connectivity index (χ1) is 23.7. The van der Waals surface area contributed by atoms with E-state index >= 15 is 4.39 Å². The molecule has 0 saturated carbocycles. The molecule has 4 aliphatic heterocycles. The largest absolute Gasteiger partial charge is 0.461 e. The molecule has 2 aromatic heterocycles. The molecule has 4 aromatic rings. The molecule has 10 nitrogen and oxygen atoms in total. The molecule has 1 amide bonds. The number of halogens is 5. The van der Waals surface area contributed by atoms with Gasteiger partial charge in [-0.25, -0.2) is 13.6 Å².